The van der Waals surface area contributed by atoms with Crippen LogP contribution in [0.25, 0.3) is 10.1 Å². The third-order valence-corrected chi connectivity index (χ3v) is 7.88. The SMILES string of the molecule is COc1ccc(OC)c2sc(C(=O)Nc3ccccc3CN3CCN(c4ccc([N+](=O)[O-])cc4)CC3)cc12. The molecule has 0 radical (unpaired) electrons. The molecule has 0 spiro atoms. The fourth-order valence-corrected chi connectivity index (χ4v) is 5.74. The summed E-state index contributed by atoms with van der Waals surface area (Å²) in [5, 5.41) is 14.9. The molecule has 0 saturated carbocycles. The Morgan fingerprint density at radius 2 is 1.66 bits per heavy atom. The second-order valence-electron chi connectivity index (χ2n) is 8.97. The lowest BCUT2D eigenvalue weighted by molar-refractivity contribution is -0.384. The first-order valence-electron chi connectivity index (χ1n) is 12.2. The molecule has 0 bridgehead atoms. The van der Waals surface area contributed by atoms with E-state index in [-0.39, 0.29) is 16.5 Å². The summed E-state index contributed by atoms with van der Waals surface area (Å²) in [7, 11) is 3.23. The second-order valence-corrected chi connectivity index (χ2v) is 10.0. The number of ether oxygens (including phenoxy) is 2. The third-order valence-electron chi connectivity index (χ3n) is 6.73. The first kappa shape index (κ1) is 25.5. The van der Waals surface area contributed by atoms with Gasteiger partial charge in [-0.05, 0) is 42.0 Å². The normalized spacial score (nSPS) is 13.9. The van der Waals surface area contributed by atoms with Gasteiger partial charge in [-0.15, -0.1) is 11.3 Å². The van der Waals surface area contributed by atoms with Crippen molar-refractivity contribution in [3.8, 4) is 11.5 Å². The number of thiophene rings is 1. The molecule has 5 rings (SSSR count). The predicted molar refractivity (Wildman–Crippen MR) is 150 cm³/mol. The minimum atomic E-state index is -0.383. The highest BCUT2D eigenvalue weighted by molar-refractivity contribution is 7.21. The Morgan fingerprint density at radius 1 is 0.974 bits per heavy atom. The molecule has 2 heterocycles. The van der Waals surface area contributed by atoms with Crippen molar-refractivity contribution < 1.29 is 19.2 Å². The zero-order valence-electron chi connectivity index (χ0n) is 21.2. The maximum absolute atomic E-state index is 13.2. The van der Waals surface area contributed by atoms with Crippen LogP contribution in [0.2, 0.25) is 0 Å². The number of carbonyl (C=O) groups excluding carboxylic acids is 1. The number of fused-ring (bicyclic) bond motifs is 1. The summed E-state index contributed by atoms with van der Waals surface area (Å²) >= 11 is 1.38. The lowest BCUT2D eigenvalue weighted by Crippen LogP contribution is -2.46. The minimum Gasteiger partial charge on any atom is -0.496 e. The quantitative estimate of drug-likeness (QED) is 0.240. The van der Waals surface area contributed by atoms with Gasteiger partial charge in [0.1, 0.15) is 11.5 Å². The zero-order valence-corrected chi connectivity index (χ0v) is 22.0. The first-order valence-corrected chi connectivity index (χ1v) is 13.0. The first-order chi connectivity index (χ1) is 18.5. The van der Waals surface area contributed by atoms with E-state index in [9.17, 15) is 14.9 Å². The Hall–Kier alpha value is -4.15. The van der Waals surface area contributed by atoms with E-state index in [1.165, 1.54) is 11.3 Å². The molecule has 1 amide bonds. The lowest BCUT2D eigenvalue weighted by atomic mass is 10.1. The Bertz CT molecular complexity index is 1420. The van der Waals surface area contributed by atoms with Gasteiger partial charge in [-0.25, -0.2) is 0 Å². The van der Waals surface area contributed by atoms with Crippen LogP contribution in [0.1, 0.15) is 15.2 Å². The molecular formula is C28H28N4O5S. The van der Waals surface area contributed by atoms with Gasteiger partial charge >= 0.3 is 0 Å². The molecule has 1 aliphatic heterocycles. The van der Waals surface area contributed by atoms with Gasteiger partial charge in [-0.3, -0.25) is 19.8 Å². The lowest BCUT2D eigenvalue weighted by Gasteiger charge is -2.36. The molecule has 0 atom stereocenters. The number of anilines is 2. The smallest absolute Gasteiger partial charge is 0.269 e. The molecule has 0 unspecified atom stereocenters. The largest absolute Gasteiger partial charge is 0.496 e. The highest BCUT2D eigenvalue weighted by atomic mass is 32.1. The Morgan fingerprint density at radius 3 is 2.34 bits per heavy atom. The Labute approximate surface area is 224 Å². The fraction of sp³-hybridized carbons (Fsp3) is 0.250. The van der Waals surface area contributed by atoms with E-state index in [0.717, 1.165) is 53.2 Å². The van der Waals surface area contributed by atoms with E-state index in [1.54, 1.807) is 38.5 Å². The fourth-order valence-electron chi connectivity index (χ4n) is 4.68. The van der Waals surface area contributed by atoms with Gasteiger partial charge in [0.15, 0.2) is 0 Å². The van der Waals surface area contributed by atoms with Gasteiger partial charge in [0, 0.05) is 61.6 Å². The Balaban J connectivity index is 1.25. The van der Waals surface area contributed by atoms with Crippen molar-refractivity contribution in [2.45, 2.75) is 6.54 Å². The van der Waals surface area contributed by atoms with Crippen molar-refractivity contribution in [3.63, 3.8) is 0 Å². The number of carbonyl (C=O) groups is 1. The standard InChI is InChI=1S/C28H28N4O5S/c1-36-24-11-12-25(37-2)27-22(24)17-26(38-27)28(33)29-23-6-4-3-5-19(23)18-30-13-15-31(16-14-30)20-7-9-21(10-8-20)32(34)35/h3-12,17H,13-16,18H2,1-2H3,(H,29,33). The summed E-state index contributed by atoms with van der Waals surface area (Å²) in [4.78, 5) is 29.0. The number of nitro groups is 1. The number of amides is 1. The minimum absolute atomic E-state index is 0.0972. The zero-order chi connectivity index (χ0) is 26.6. The molecule has 196 valence electrons. The van der Waals surface area contributed by atoms with Crippen LogP contribution in [-0.2, 0) is 6.54 Å². The van der Waals surface area contributed by atoms with Gasteiger partial charge in [0.2, 0.25) is 0 Å². The monoisotopic (exact) mass is 532 g/mol. The molecule has 1 aliphatic rings. The van der Waals surface area contributed by atoms with Crippen molar-refractivity contribution in [1.82, 2.24) is 4.90 Å². The number of non-ortho nitro benzene ring substituents is 1. The number of piperazine rings is 1. The van der Waals surface area contributed by atoms with E-state index in [0.29, 0.717) is 22.9 Å². The Kier molecular flexibility index (Phi) is 7.43. The number of hydrogen-bond donors (Lipinski definition) is 1. The molecule has 1 fully saturated rings. The molecular weight excluding hydrogens is 504 g/mol. The van der Waals surface area contributed by atoms with Crippen LogP contribution in [0.5, 0.6) is 11.5 Å². The number of nitro benzene ring substituents is 1. The van der Waals surface area contributed by atoms with Gasteiger partial charge in [-0.2, -0.15) is 0 Å². The summed E-state index contributed by atoms with van der Waals surface area (Å²) in [6.07, 6.45) is 0. The van der Waals surface area contributed by atoms with Gasteiger partial charge < -0.3 is 19.7 Å². The van der Waals surface area contributed by atoms with Crippen LogP contribution < -0.4 is 19.7 Å². The van der Waals surface area contributed by atoms with Gasteiger partial charge in [-0.1, -0.05) is 18.2 Å². The average Bonchev–Trinajstić information content (AvgIpc) is 3.40. The number of methoxy groups -OCH3 is 2. The summed E-state index contributed by atoms with van der Waals surface area (Å²) < 4.78 is 11.8. The van der Waals surface area contributed by atoms with Crippen LogP contribution in [-0.4, -0.2) is 56.1 Å². The third kappa shape index (κ3) is 5.27. The van der Waals surface area contributed by atoms with Crippen molar-refractivity contribution in [1.29, 1.82) is 0 Å². The van der Waals surface area contributed by atoms with Crippen LogP contribution in [0.15, 0.2) is 66.7 Å². The second kappa shape index (κ2) is 11.1. The van der Waals surface area contributed by atoms with Crippen LogP contribution in [0, 0.1) is 10.1 Å². The van der Waals surface area contributed by atoms with Crippen LogP contribution in [0.3, 0.4) is 0 Å². The molecule has 38 heavy (non-hydrogen) atoms. The van der Waals surface area contributed by atoms with Gasteiger partial charge in [0.05, 0.1) is 28.7 Å². The van der Waals surface area contributed by atoms with Crippen molar-refractivity contribution in [2.75, 3.05) is 50.6 Å². The average molecular weight is 533 g/mol. The number of para-hydroxylation sites is 1. The van der Waals surface area contributed by atoms with E-state index >= 15 is 0 Å². The highest BCUT2D eigenvalue weighted by Crippen LogP contribution is 2.39. The van der Waals surface area contributed by atoms with Gasteiger partial charge in [0.25, 0.3) is 11.6 Å². The summed E-state index contributed by atoms with van der Waals surface area (Å²) in [5.41, 5.74) is 2.91. The van der Waals surface area contributed by atoms with Crippen molar-refractivity contribution in [2.24, 2.45) is 0 Å². The summed E-state index contributed by atoms with van der Waals surface area (Å²) in [6, 6.07) is 20.1. The molecule has 1 aromatic heterocycles. The number of hydrogen-bond acceptors (Lipinski definition) is 8. The highest BCUT2D eigenvalue weighted by Gasteiger charge is 2.21. The predicted octanol–water partition coefficient (Wildman–Crippen LogP) is 5.40. The number of rotatable bonds is 8. The van der Waals surface area contributed by atoms with E-state index in [4.69, 9.17) is 9.47 Å². The van der Waals surface area contributed by atoms with Crippen molar-refractivity contribution in [3.05, 3.63) is 87.3 Å². The topological polar surface area (TPSA) is 97.2 Å². The van der Waals surface area contributed by atoms with Crippen LogP contribution >= 0.6 is 11.3 Å². The number of nitrogens with zero attached hydrogens (tertiary/aromatic N) is 3. The summed E-state index contributed by atoms with van der Waals surface area (Å²) in [6.45, 7) is 4.03. The molecule has 3 aromatic carbocycles. The molecule has 1 N–H and O–H groups in total. The van der Waals surface area contributed by atoms with E-state index < -0.39 is 0 Å². The van der Waals surface area contributed by atoms with E-state index in [2.05, 4.69) is 15.1 Å². The molecule has 0 aliphatic carbocycles. The molecule has 1 saturated heterocycles. The number of benzene rings is 3. The maximum Gasteiger partial charge on any atom is 0.269 e. The van der Waals surface area contributed by atoms with Crippen molar-refractivity contribution >= 4 is 44.4 Å². The maximum atomic E-state index is 13.2. The van der Waals surface area contributed by atoms with Crippen LogP contribution in [0.4, 0.5) is 17.1 Å². The number of nitrogens with one attached hydrogen (secondary N) is 1. The summed E-state index contributed by atoms with van der Waals surface area (Å²) in [5.74, 6) is 1.23. The molecule has 10 heteroatoms. The molecule has 9 nitrogen and oxygen atoms in total. The molecule has 4 aromatic rings. The van der Waals surface area contributed by atoms with E-state index in [1.807, 2.05) is 42.5 Å².